The second-order valence-electron chi connectivity index (χ2n) is 4.38. The Balaban J connectivity index is 3.50. The summed E-state index contributed by atoms with van der Waals surface area (Å²) in [6.07, 6.45) is 5.04. The zero-order chi connectivity index (χ0) is 14.5. The lowest BCUT2D eigenvalue weighted by Gasteiger charge is -2.15. The molecule has 0 aromatic rings. The lowest BCUT2D eigenvalue weighted by Crippen LogP contribution is -2.29. The fraction of sp³-hybridized carbons (Fsp3) is 0.846. The highest BCUT2D eigenvalue weighted by atomic mass is 16.6. The quantitative estimate of drug-likeness (QED) is 0.336. The monoisotopic (exact) mass is 274 g/mol. The Morgan fingerprint density at radius 3 is 2.53 bits per heavy atom. The van der Waals surface area contributed by atoms with Crippen LogP contribution in [0.1, 0.15) is 52.4 Å². The van der Waals surface area contributed by atoms with Gasteiger partial charge in [0.05, 0.1) is 0 Å². The Morgan fingerprint density at radius 2 is 1.95 bits per heavy atom. The molecule has 0 bridgehead atoms. The van der Waals surface area contributed by atoms with Crippen LogP contribution in [-0.4, -0.2) is 31.1 Å². The number of nitrogens with one attached hydrogen (secondary N) is 1. The maximum atomic E-state index is 11.2. The Labute approximate surface area is 115 Å². The van der Waals surface area contributed by atoms with Gasteiger partial charge in [-0.1, -0.05) is 20.3 Å². The second kappa shape index (κ2) is 11.9. The van der Waals surface area contributed by atoms with Gasteiger partial charge >= 0.3 is 5.97 Å². The third-order valence-corrected chi connectivity index (χ3v) is 2.78. The number of amides is 1. The van der Waals surface area contributed by atoms with Crippen LogP contribution in [0.4, 0.5) is 0 Å². The molecule has 1 unspecified atom stereocenters. The van der Waals surface area contributed by atoms with Gasteiger partial charge < -0.3 is 10.1 Å². The summed E-state index contributed by atoms with van der Waals surface area (Å²) >= 11 is 0. The zero-order valence-corrected chi connectivity index (χ0v) is 11.9. The summed E-state index contributed by atoms with van der Waals surface area (Å²) in [6, 6.07) is 0. The summed E-state index contributed by atoms with van der Waals surface area (Å²) in [4.78, 5) is 26.4. The van der Waals surface area contributed by atoms with Crippen LogP contribution in [0.3, 0.4) is 0 Å². The minimum absolute atomic E-state index is 0.0210. The fourth-order valence-electron chi connectivity index (χ4n) is 1.64. The molecule has 1 atom stereocenters. The largest absolute Gasteiger partial charge is 0.462 e. The molecule has 112 valence electrons. The van der Waals surface area contributed by atoms with E-state index in [0.29, 0.717) is 13.0 Å². The summed E-state index contributed by atoms with van der Waals surface area (Å²) in [5, 5.41) is 2.70. The van der Waals surface area contributed by atoms with Crippen molar-refractivity contribution in [2.24, 2.45) is 5.90 Å². The first-order valence-electron chi connectivity index (χ1n) is 6.91. The van der Waals surface area contributed by atoms with Crippen LogP contribution in [0, 0.1) is 0 Å². The zero-order valence-electron chi connectivity index (χ0n) is 11.9. The molecule has 0 radical (unpaired) electrons. The molecular weight excluding hydrogens is 248 g/mol. The van der Waals surface area contributed by atoms with Crippen LogP contribution >= 0.6 is 0 Å². The Bertz CT molecular complexity index is 259. The Morgan fingerprint density at radius 1 is 1.21 bits per heavy atom. The molecule has 0 fully saturated rings. The van der Waals surface area contributed by atoms with Gasteiger partial charge in [0.25, 0.3) is 0 Å². The molecule has 19 heavy (non-hydrogen) atoms. The van der Waals surface area contributed by atoms with Crippen molar-refractivity contribution in [3.8, 4) is 0 Å². The number of esters is 1. The maximum Gasteiger partial charge on any atom is 0.305 e. The van der Waals surface area contributed by atoms with Gasteiger partial charge in [0.1, 0.15) is 12.7 Å². The van der Waals surface area contributed by atoms with Crippen LogP contribution in [0.15, 0.2) is 0 Å². The molecule has 0 aromatic carbocycles. The van der Waals surface area contributed by atoms with Crippen LogP contribution in [0.5, 0.6) is 0 Å². The standard InChI is InChI=1S/C13H26N2O4/c1-3-11(19-13(17)4-2)8-6-5-7-9-15-12(16)10-18-14/h11H,3-10,14H2,1-2H3,(H,15,16). The van der Waals surface area contributed by atoms with Gasteiger partial charge in [-0.3, -0.25) is 14.4 Å². The van der Waals surface area contributed by atoms with E-state index in [1.165, 1.54) is 0 Å². The molecule has 0 aromatic heterocycles. The van der Waals surface area contributed by atoms with E-state index in [1.807, 2.05) is 6.92 Å². The predicted molar refractivity (Wildman–Crippen MR) is 72.1 cm³/mol. The van der Waals surface area contributed by atoms with Crippen molar-refractivity contribution >= 4 is 11.9 Å². The summed E-state index contributed by atoms with van der Waals surface area (Å²) in [6.45, 7) is 4.32. The molecule has 3 N–H and O–H groups in total. The molecule has 0 saturated carbocycles. The highest BCUT2D eigenvalue weighted by Gasteiger charge is 2.10. The number of hydrogen-bond donors (Lipinski definition) is 2. The Kier molecular flexibility index (Phi) is 11.2. The van der Waals surface area contributed by atoms with Gasteiger partial charge in [-0.05, 0) is 25.7 Å². The number of ether oxygens (including phenoxy) is 1. The van der Waals surface area contributed by atoms with Crippen molar-refractivity contribution in [1.82, 2.24) is 5.32 Å². The van der Waals surface area contributed by atoms with E-state index in [2.05, 4.69) is 10.2 Å². The number of unbranched alkanes of at least 4 members (excludes halogenated alkanes) is 2. The number of carbonyl (C=O) groups is 2. The molecule has 0 aliphatic heterocycles. The lowest BCUT2D eigenvalue weighted by atomic mass is 10.1. The van der Waals surface area contributed by atoms with E-state index in [0.717, 1.165) is 32.1 Å². The first-order chi connectivity index (χ1) is 9.13. The third kappa shape index (κ3) is 10.5. The number of hydrogen-bond acceptors (Lipinski definition) is 5. The van der Waals surface area contributed by atoms with Crippen LogP contribution in [-0.2, 0) is 19.2 Å². The van der Waals surface area contributed by atoms with Gasteiger partial charge in [0, 0.05) is 13.0 Å². The van der Waals surface area contributed by atoms with Gasteiger partial charge in [0.2, 0.25) is 5.91 Å². The topological polar surface area (TPSA) is 90.6 Å². The second-order valence-corrected chi connectivity index (χ2v) is 4.38. The van der Waals surface area contributed by atoms with Crippen molar-refractivity contribution in [1.29, 1.82) is 0 Å². The molecule has 6 heteroatoms. The third-order valence-electron chi connectivity index (χ3n) is 2.78. The van der Waals surface area contributed by atoms with Crippen LogP contribution in [0.25, 0.3) is 0 Å². The first-order valence-corrected chi connectivity index (χ1v) is 6.91. The predicted octanol–water partition coefficient (Wildman–Crippen LogP) is 1.29. The number of carbonyl (C=O) groups excluding carboxylic acids is 2. The number of nitrogens with two attached hydrogens (primary N) is 1. The van der Waals surface area contributed by atoms with Crippen molar-refractivity contribution in [3.63, 3.8) is 0 Å². The molecular formula is C13H26N2O4. The van der Waals surface area contributed by atoms with E-state index >= 15 is 0 Å². The molecule has 0 saturated heterocycles. The SMILES string of the molecule is CCC(=O)OC(CC)CCCCCNC(=O)CON. The molecule has 0 rings (SSSR count). The highest BCUT2D eigenvalue weighted by Crippen LogP contribution is 2.10. The lowest BCUT2D eigenvalue weighted by molar-refractivity contribution is -0.149. The van der Waals surface area contributed by atoms with Crippen LogP contribution < -0.4 is 11.2 Å². The van der Waals surface area contributed by atoms with Crippen molar-refractivity contribution in [2.75, 3.05) is 13.2 Å². The van der Waals surface area contributed by atoms with Gasteiger partial charge in [-0.25, -0.2) is 5.90 Å². The average molecular weight is 274 g/mol. The van der Waals surface area contributed by atoms with E-state index in [4.69, 9.17) is 10.6 Å². The molecule has 0 spiro atoms. The van der Waals surface area contributed by atoms with E-state index < -0.39 is 0 Å². The minimum Gasteiger partial charge on any atom is -0.462 e. The van der Waals surface area contributed by atoms with Crippen molar-refractivity contribution in [3.05, 3.63) is 0 Å². The highest BCUT2D eigenvalue weighted by molar-refractivity contribution is 5.77. The maximum absolute atomic E-state index is 11.2. The molecule has 0 aliphatic rings. The molecule has 0 aliphatic carbocycles. The van der Waals surface area contributed by atoms with Crippen molar-refractivity contribution in [2.45, 2.75) is 58.5 Å². The Hall–Kier alpha value is -1.14. The first kappa shape index (κ1) is 17.9. The minimum atomic E-state index is -0.203. The number of rotatable bonds is 11. The summed E-state index contributed by atoms with van der Waals surface area (Å²) in [5.41, 5.74) is 0. The van der Waals surface area contributed by atoms with E-state index in [1.54, 1.807) is 6.92 Å². The molecule has 0 heterocycles. The summed E-state index contributed by atoms with van der Waals surface area (Å²) in [5.74, 6) is 4.44. The van der Waals surface area contributed by atoms with Gasteiger partial charge in [0.15, 0.2) is 0 Å². The smallest absolute Gasteiger partial charge is 0.305 e. The fourth-order valence-corrected chi connectivity index (χ4v) is 1.64. The normalized spacial score (nSPS) is 11.9. The average Bonchev–Trinajstić information content (AvgIpc) is 2.41. The molecule has 6 nitrogen and oxygen atoms in total. The van der Waals surface area contributed by atoms with Gasteiger partial charge in [-0.15, -0.1) is 0 Å². The van der Waals surface area contributed by atoms with Crippen molar-refractivity contribution < 1.29 is 19.2 Å². The van der Waals surface area contributed by atoms with E-state index in [9.17, 15) is 9.59 Å². The molecule has 1 amide bonds. The van der Waals surface area contributed by atoms with Gasteiger partial charge in [-0.2, -0.15) is 0 Å². The summed E-state index contributed by atoms with van der Waals surface area (Å²) < 4.78 is 5.29. The van der Waals surface area contributed by atoms with E-state index in [-0.39, 0.29) is 24.6 Å². The summed E-state index contributed by atoms with van der Waals surface area (Å²) in [7, 11) is 0. The van der Waals surface area contributed by atoms with Crippen LogP contribution in [0.2, 0.25) is 0 Å².